The van der Waals surface area contributed by atoms with E-state index in [1.54, 1.807) is 0 Å². The van der Waals surface area contributed by atoms with Gasteiger partial charge in [-0.15, -0.1) is 0 Å². The molecule has 0 amide bonds. The van der Waals surface area contributed by atoms with Gasteiger partial charge in [0, 0.05) is 45.4 Å². The van der Waals surface area contributed by atoms with Gasteiger partial charge in [0.2, 0.25) is 0 Å². The van der Waals surface area contributed by atoms with Gasteiger partial charge in [-0.05, 0) is 32.7 Å². The highest BCUT2D eigenvalue weighted by Crippen LogP contribution is 2.23. The van der Waals surface area contributed by atoms with E-state index in [1.807, 2.05) is 0 Å². The smallest absolute Gasteiger partial charge is 0.0934 e. The highest BCUT2D eigenvalue weighted by atomic mass is 16.5. The van der Waals surface area contributed by atoms with Crippen LogP contribution in [-0.2, 0) is 9.47 Å². The maximum Gasteiger partial charge on any atom is 0.0934 e. The van der Waals surface area contributed by atoms with Crippen molar-refractivity contribution in [1.29, 1.82) is 0 Å². The zero-order valence-corrected chi connectivity index (χ0v) is 24.7. The highest BCUT2D eigenvalue weighted by molar-refractivity contribution is 4.78. The van der Waals surface area contributed by atoms with Crippen molar-refractivity contribution in [1.82, 2.24) is 9.80 Å². The standard InChI is InChI=1S/C31H64N2O3/c1-4-6-8-10-11-12-13-14-15-18-26-35-29-31(36-27-19-9-7-5-2)28-32(3)22-23-33(24-25-34)30-20-16-17-21-30/h30-31,34H,4-29H2,1-3H3. The third-order valence-corrected chi connectivity index (χ3v) is 7.81. The summed E-state index contributed by atoms with van der Waals surface area (Å²) >= 11 is 0. The van der Waals surface area contributed by atoms with Gasteiger partial charge in [0.15, 0.2) is 0 Å². The lowest BCUT2D eigenvalue weighted by Gasteiger charge is -2.31. The average molecular weight is 513 g/mol. The molecule has 1 unspecified atom stereocenters. The van der Waals surface area contributed by atoms with Crippen LogP contribution < -0.4 is 0 Å². The summed E-state index contributed by atoms with van der Waals surface area (Å²) < 4.78 is 12.4. The predicted octanol–water partition coefficient (Wildman–Crippen LogP) is 7.06. The second-order valence-corrected chi connectivity index (χ2v) is 11.3. The Kier molecular flexibility index (Phi) is 23.6. The van der Waals surface area contributed by atoms with Crippen molar-refractivity contribution in [2.24, 2.45) is 0 Å². The Morgan fingerprint density at radius 3 is 1.89 bits per heavy atom. The molecule has 0 aromatic rings. The van der Waals surface area contributed by atoms with Crippen LogP contribution >= 0.6 is 0 Å². The summed E-state index contributed by atoms with van der Waals surface area (Å²) in [5, 5.41) is 9.52. The summed E-state index contributed by atoms with van der Waals surface area (Å²) in [6, 6.07) is 0.667. The van der Waals surface area contributed by atoms with Crippen molar-refractivity contribution in [3.8, 4) is 0 Å². The van der Waals surface area contributed by atoms with Gasteiger partial charge in [-0.1, -0.05) is 104 Å². The molecule has 1 aliphatic rings. The summed E-state index contributed by atoms with van der Waals surface area (Å²) in [4.78, 5) is 4.91. The molecular weight excluding hydrogens is 448 g/mol. The number of aliphatic hydroxyl groups is 1. The molecule has 0 saturated heterocycles. The summed E-state index contributed by atoms with van der Waals surface area (Å²) in [5.41, 5.74) is 0. The first-order valence-corrected chi connectivity index (χ1v) is 15.9. The minimum Gasteiger partial charge on any atom is -0.395 e. The molecule has 0 aromatic carbocycles. The quantitative estimate of drug-likeness (QED) is 0.119. The predicted molar refractivity (Wildman–Crippen MR) is 155 cm³/mol. The van der Waals surface area contributed by atoms with E-state index in [2.05, 4.69) is 30.7 Å². The zero-order chi connectivity index (χ0) is 26.1. The molecule has 0 radical (unpaired) electrons. The second-order valence-electron chi connectivity index (χ2n) is 11.3. The van der Waals surface area contributed by atoms with Crippen molar-refractivity contribution in [2.45, 2.75) is 142 Å². The van der Waals surface area contributed by atoms with Crippen molar-refractivity contribution in [3.63, 3.8) is 0 Å². The van der Waals surface area contributed by atoms with Crippen LogP contribution in [0.1, 0.15) is 129 Å². The number of hydrogen-bond donors (Lipinski definition) is 1. The fourth-order valence-corrected chi connectivity index (χ4v) is 5.45. The second kappa shape index (κ2) is 25.1. The molecule has 1 atom stereocenters. The SMILES string of the molecule is CCCCCCCCCCCCOCC(CN(C)CCN(CCO)C1CCCC1)OCCCCCC. The van der Waals surface area contributed by atoms with E-state index in [0.717, 1.165) is 45.8 Å². The summed E-state index contributed by atoms with van der Waals surface area (Å²) in [6.07, 6.45) is 24.0. The summed E-state index contributed by atoms with van der Waals surface area (Å²) in [6.45, 7) is 11.0. The first kappa shape index (κ1) is 33.8. The number of aliphatic hydroxyl groups excluding tert-OH is 1. The third kappa shape index (κ3) is 19.0. The molecule has 1 saturated carbocycles. The zero-order valence-electron chi connectivity index (χ0n) is 24.7. The van der Waals surface area contributed by atoms with Gasteiger partial charge in [0.1, 0.15) is 0 Å². The Morgan fingerprint density at radius 1 is 0.722 bits per heavy atom. The molecule has 1 fully saturated rings. The summed E-state index contributed by atoms with van der Waals surface area (Å²) in [7, 11) is 2.21. The molecule has 216 valence electrons. The van der Waals surface area contributed by atoms with E-state index in [0.29, 0.717) is 12.6 Å². The van der Waals surface area contributed by atoms with E-state index >= 15 is 0 Å². The maximum atomic E-state index is 9.52. The average Bonchev–Trinajstić information content (AvgIpc) is 3.41. The number of unbranched alkanes of at least 4 members (excludes halogenated alkanes) is 12. The van der Waals surface area contributed by atoms with Crippen LogP contribution in [0.4, 0.5) is 0 Å². The van der Waals surface area contributed by atoms with Gasteiger partial charge < -0.3 is 19.5 Å². The molecule has 1 aliphatic carbocycles. The van der Waals surface area contributed by atoms with E-state index in [1.165, 1.54) is 109 Å². The van der Waals surface area contributed by atoms with Gasteiger partial charge >= 0.3 is 0 Å². The Hall–Kier alpha value is -0.200. The van der Waals surface area contributed by atoms with Crippen LogP contribution in [0.25, 0.3) is 0 Å². The van der Waals surface area contributed by atoms with Gasteiger partial charge in [0.05, 0.1) is 19.3 Å². The van der Waals surface area contributed by atoms with E-state index in [9.17, 15) is 5.11 Å². The van der Waals surface area contributed by atoms with E-state index < -0.39 is 0 Å². The van der Waals surface area contributed by atoms with Crippen LogP contribution in [0.3, 0.4) is 0 Å². The van der Waals surface area contributed by atoms with Crippen LogP contribution in [0, 0.1) is 0 Å². The minimum atomic E-state index is 0.150. The van der Waals surface area contributed by atoms with Crippen LogP contribution in [-0.4, -0.2) is 86.7 Å². The number of likely N-dealkylation sites (N-methyl/N-ethyl adjacent to an activating group) is 1. The molecule has 1 rings (SSSR count). The van der Waals surface area contributed by atoms with Crippen LogP contribution in [0.15, 0.2) is 0 Å². The largest absolute Gasteiger partial charge is 0.395 e. The molecule has 5 nitrogen and oxygen atoms in total. The third-order valence-electron chi connectivity index (χ3n) is 7.81. The first-order valence-electron chi connectivity index (χ1n) is 15.9. The fourth-order valence-electron chi connectivity index (χ4n) is 5.45. The minimum absolute atomic E-state index is 0.150. The topological polar surface area (TPSA) is 45.2 Å². The highest BCUT2D eigenvalue weighted by Gasteiger charge is 2.22. The fraction of sp³-hybridized carbons (Fsp3) is 1.00. The molecular formula is C31H64N2O3. The number of hydrogen-bond acceptors (Lipinski definition) is 5. The molecule has 1 N–H and O–H groups in total. The number of nitrogens with zero attached hydrogens (tertiary/aromatic N) is 2. The normalized spacial score (nSPS) is 15.5. The molecule has 0 spiro atoms. The van der Waals surface area contributed by atoms with Crippen molar-refractivity contribution in [3.05, 3.63) is 0 Å². The lowest BCUT2D eigenvalue weighted by atomic mass is 10.1. The Morgan fingerprint density at radius 2 is 1.28 bits per heavy atom. The Bertz CT molecular complexity index is 446. The molecule has 5 heteroatoms. The van der Waals surface area contributed by atoms with Crippen molar-refractivity contribution in [2.75, 3.05) is 59.7 Å². The van der Waals surface area contributed by atoms with Gasteiger partial charge in [-0.25, -0.2) is 0 Å². The lowest BCUT2D eigenvalue weighted by molar-refractivity contribution is -0.0324. The van der Waals surface area contributed by atoms with Gasteiger partial charge in [0.25, 0.3) is 0 Å². The van der Waals surface area contributed by atoms with Crippen molar-refractivity contribution < 1.29 is 14.6 Å². The molecule has 36 heavy (non-hydrogen) atoms. The number of rotatable bonds is 27. The van der Waals surface area contributed by atoms with Crippen molar-refractivity contribution >= 4 is 0 Å². The molecule has 0 aromatic heterocycles. The molecule has 0 heterocycles. The number of ether oxygens (including phenoxy) is 2. The van der Waals surface area contributed by atoms with E-state index in [4.69, 9.17) is 9.47 Å². The first-order chi connectivity index (χ1) is 17.7. The monoisotopic (exact) mass is 512 g/mol. The Balaban J connectivity index is 2.24. The van der Waals surface area contributed by atoms with Gasteiger partial charge in [-0.3, -0.25) is 4.90 Å². The Labute approximate surface area is 225 Å². The molecule has 0 bridgehead atoms. The van der Waals surface area contributed by atoms with Gasteiger partial charge in [-0.2, -0.15) is 0 Å². The van der Waals surface area contributed by atoms with E-state index in [-0.39, 0.29) is 12.7 Å². The van der Waals surface area contributed by atoms with Crippen LogP contribution in [0.2, 0.25) is 0 Å². The van der Waals surface area contributed by atoms with Crippen LogP contribution in [0.5, 0.6) is 0 Å². The molecule has 0 aliphatic heterocycles. The maximum absolute atomic E-state index is 9.52. The summed E-state index contributed by atoms with van der Waals surface area (Å²) in [5.74, 6) is 0. The lowest BCUT2D eigenvalue weighted by Crippen LogP contribution is -2.43.